The minimum atomic E-state index is -0.623. The smallest absolute Gasteiger partial charge is 0.376 e. The maximum absolute atomic E-state index is 11.7. The van der Waals surface area contributed by atoms with Crippen LogP contribution in [0.1, 0.15) is 28.7 Å². The van der Waals surface area contributed by atoms with Crippen molar-refractivity contribution in [2.75, 3.05) is 6.61 Å². The van der Waals surface area contributed by atoms with Crippen LogP contribution in [0.4, 0.5) is 0 Å². The molecule has 0 bridgehead atoms. The molecule has 0 fully saturated rings. The van der Waals surface area contributed by atoms with E-state index in [0.717, 1.165) is 11.1 Å². The van der Waals surface area contributed by atoms with Crippen molar-refractivity contribution in [2.24, 2.45) is 0 Å². The minimum Gasteiger partial charge on any atom is -0.460 e. The number of aromatic amines is 1. The SMILES string of the molecule is CCOC(=O)c1nn(Cc2ccc(C)cc2)c(=O)[nH]1. The summed E-state index contributed by atoms with van der Waals surface area (Å²) in [6, 6.07) is 7.75. The van der Waals surface area contributed by atoms with Gasteiger partial charge in [-0.15, -0.1) is 5.10 Å². The number of ether oxygens (including phenoxy) is 1. The van der Waals surface area contributed by atoms with Crippen molar-refractivity contribution in [3.8, 4) is 0 Å². The Balaban J connectivity index is 2.19. The normalized spacial score (nSPS) is 10.4. The van der Waals surface area contributed by atoms with E-state index in [4.69, 9.17) is 4.74 Å². The predicted octanol–water partition coefficient (Wildman–Crippen LogP) is 1.10. The molecule has 0 amide bonds. The molecular weight excluding hydrogens is 246 g/mol. The number of benzene rings is 1. The Labute approximate surface area is 110 Å². The zero-order valence-corrected chi connectivity index (χ0v) is 10.8. The highest BCUT2D eigenvalue weighted by atomic mass is 16.5. The van der Waals surface area contributed by atoms with Crippen LogP contribution >= 0.6 is 0 Å². The third kappa shape index (κ3) is 3.09. The van der Waals surface area contributed by atoms with Gasteiger partial charge in [-0.2, -0.15) is 0 Å². The molecule has 0 unspecified atom stereocenters. The quantitative estimate of drug-likeness (QED) is 0.836. The van der Waals surface area contributed by atoms with Gasteiger partial charge in [0.05, 0.1) is 13.2 Å². The number of carbonyl (C=O) groups is 1. The lowest BCUT2D eigenvalue weighted by Gasteiger charge is -2.00. The van der Waals surface area contributed by atoms with Crippen molar-refractivity contribution in [1.29, 1.82) is 0 Å². The molecule has 0 atom stereocenters. The number of hydrogen-bond acceptors (Lipinski definition) is 4. The fourth-order valence-electron chi connectivity index (χ4n) is 1.62. The lowest BCUT2D eigenvalue weighted by molar-refractivity contribution is 0.0511. The Hall–Kier alpha value is -2.37. The van der Waals surface area contributed by atoms with Crippen LogP contribution in [0, 0.1) is 6.92 Å². The summed E-state index contributed by atoms with van der Waals surface area (Å²) in [5.74, 6) is -0.693. The van der Waals surface area contributed by atoms with E-state index in [-0.39, 0.29) is 12.4 Å². The summed E-state index contributed by atoms with van der Waals surface area (Å²) < 4.78 is 5.98. The van der Waals surface area contributed by atoms with Crippen molar-refractivity contribution < 1.29 is 9.53 Å². The molecule has 0 saturated heterocycles. The molecule has 1 N–H and O–H groups in total. The van der Waals surface area contributed by atoms with Crippen LogP contribution in [0.5, 0.6) is 0 Å². The third-order valence-corrected chi connectivity index (χ3v) is 2.60. The van der Waals surface area contributed by atoms with Gasteiger partial charge >= 0.3 is 11.7 Å². The highest BCUT2D eigenvalue weighted by Gasteiger charge is 2.14. The zero-order chi connectivity index (χ0) is 13.8. The van der Waals surface area contributed by atoms with Gasteiger partial charge in [0.25, 0.3) is 0 Å². The molecule has 0 spiro atoms. The van der Waals surface area contributed by atoms with Gasteiger partial charge in [-0.3, -0.25) is 4.98 Å². The van der Waals surface area contributed by atoms with Gasteiger partial charge in [-0.05, 0) is 19.4 Å². The first-order valence-corrected chi connectivity index (χ1v) is 6.00. The first-order valence-electron chi connectivity index (χ1n) is 6.00. The lowest BCUT2D eigenvalue weighted by Crippen LogP contribution is -2.18. The summed E-state index contributed by atoms with van der Waals surface area (Å²) >= 11 is 0. The van der Waals surface area contributed by atoms with E-state index in [0.29, 0.717) is 6.54 Å². The molecule has 1 aromatic carbocycles. The van der Waals surface area contributed by atoms with Gasteiger partial charge in [0.1, 0.15) is 0 Å². The molecule has 0 aliphatic carbocycles. The van der Waals surface area contributed by atoms with Crippen molar-refractivity contribution in [1.82, 2.24) is 14.8 Å². The molecule has 2 aromatic rings. The first-order chi connectivity index (χ1) is 9.10. The molecule has 19 heavy (non-hydrogen) atoms. The first kappa shape index (κ1) is 13.1. The maximum Gasteiger partial charge on any atom is 0.376 e. The average molecular weight is 261 g/mol. The summed E-state index contributed by atoms with van der Waals surface area (Å²) in [6.45, 7) is 4.24. The molecule has 100 valence electrons. The lowest BCUT2D eigenvalue weighted by atomic mass is 10.1. The van der Waals surface area contributed by atoms with Crippen LogP contribution in [-0.2, 0) is 11.3 Å². The van der Waals surface area contributed by atoms with E-state index in [1.165, 1.54) is 4.68 Å². The second-order valence-electron chi connectivity index (χ2n) is 4.14. The number of rotatable bonds is 4. The highest BCUT2D eigenvalue weighted by molar-refractivity contribution is 5.84. The predicted molar refractivity (Wildman–Crippen MR) is 69.1 cm³/mol. The number of H-pyrrole nitrogens is 1. The van der Waals surface area contributed by atoms with Crippen LogP contribution < -0.4 is 5.69 Å². The molecule has 0 radical (unpaired) electrons. The number of aryl methyl sites for hydroxylation is 1. The van der Waals surface area contributed by atoms with Crippen molar-refractivity contribution in [2.45, 2.75) is 20.4 Å². The van der Waals surface area contributed by atoms with Crippen molar-refractivity contribution in [3.05, 3.63) is 51.7 Å². The van der Waals surface area contributed by atoms with Gasteiger partial charge in [0.2, 0.25) is 5.82 Å². The van der Waals surface area contributed by atoms with E-state index in [9.17, 15) is 9.59 Å². The minimum absolute atomic E-state index is 0.0704. The molecule has 2 rings (SSSR count). The van der Waals surface area contributed by atoms with Gasteiger partial charge in [-0.1, -0.05) is 29.8 Å². The van der Waals surface area contributed by atoms with Gasteiger partial charge < -0.3 is 4.74 Å². The van der Waals surface area contributed by atoms with E-state index in [1.807, 2.05) is 31.2 Å². The summed E-state index contributed by atoms with van der Waals surface area (Å²) in [7, 11) is 0. The van der Waals surface area contributed by atoms with E-state index >= 15 is 0 Å². The van der Waals surface area contributed by atoms with Crippen molar-refractivity contribution >= 4 is 5.97 Å². The van der Waals surface area contributed by atoms with Crippen LogP contribution in [0.15, 0.2) is 29.1 Å². The van der Waals surface area contributed by atoms with E-state index < -0.39 is 11.7 Å². The van der Waals surface area contributed by atoms with Crippen LogP contribution in [0.25, 0.3) is 0 Å². The molecule has 6 nitrogen and oxygen atoms in total. The summed E-state index contributed by atoms with van der Waals surface area (Å²) in [4.78, 5) is 25.5. The highest BCUT2D eigenvalue weighted by Crippen LogP contribution is 2.04. The second kappa shape index (κ2) is 5.51. The number of nitrogens with zero attached hydrogens (tertiary/aromatic N) is 2. The zero-order valence-electron chi connectivity index (χ0n) is 10.8. The Bertz CT molecular complexity index is 625. The third-order valence-electron chi connectivity index (χ3n) is 2.60. The molecule has 6 heteroatoms. The molecule has 1 aromatic heterocycles. The number of hydrogen-bond donors (Lipinski definition) is 1. The Morgan fingerprint density at radius 2 is 2.05 bits per heavy atom. The topological polar surface area (TPSA) is 77.0 Å². The summed E-state index contributed by atoms with van der Waals surface area (Å²) in [5.41, 5.74) is 1.66. The molecule has 0 saturated carbocycles. The van der Waals surface area contributed by atoms with Crippen LogP contribution in [0.2, 0.25) is 0 Å². The standard InChI is InChI=1S/C13H15N3O3/c1-3-19-12(17)11-14-13(18)16(15-11)8-10-6-4-9(2)5-7-10/h4-7H,3,8H2,1-2H3,(H,14,15,18). The molecule has 0 aliphatic rings. The fourth-order valence-corrected chi connectivity index (χ4v) is 1.62. The molecular formula is C13H15N3O3. The number of carbonyl (C=O) groups excluding carboxylic acids is 1. The van der Waals surface area contributed by atoms with Crippen molar-refractivity contribution in [3.63, 3.8) is 0 Å². The maximum atomic E-state index is 11.7. The van der Waals surface area contributed by atoms with Gasteiger partial charge in [-0.25, -0.2) is 14.3 Å². The average Bonchev–Trinajstić information content (AvgIpc) is 2.74. The Morgan fingerprint density at radius 1 is 1.37 bits per heavy atom. The van der Waals surface area contributed by atoms with Gasteiger partial charge in [0.15, 0.2) is 0 Å². The molecule has 0 aliphatic heterocycles. The summed E-state index contributed by atoms with van der Waals surface area (Å²) in [6.07, 6.45) is 0. The van der Waals surface area contributed by atoms with Crippen LogP contribution in [0.3, 0.4) is 0 Å². The number of aromatic nitrogens is 3. The largest absolute Gasteiger partial charge is 0.460 e. The van der Waals surface area contributed by atoms with Gasteiger partial charge in [0, 0.05) is 0 Å². The summed E-state index contributed by atoms with van der Waals surface area (Å²) in [5, 5.41) is 3.92. The second-order valence-corrected chi connectivity index (χ2v) is 4.14. The van der Waals surface area contributed by atoms with E-state index in [1.54, 1.807) is 6.92 Å². The molecule has 1 heterocycles. The van der Waals surface area contributed by atoms with Crippen LogP contribution in [-0.4, -0.2) is 27.3 Å². The Morgan fingerprint density at radius 3 is 2.68 bits per heavy atom. The number of esters is 1. The van der Waals surface area contributed by atoms with E-state index in [2.05, 4.69) is 10.1 Å². The number of nitrogens with one attached hydrogen (secondary N) is 1. The monoisotopic (exact) mass is 261 g/mol. The Kier molecular flexibility index (Phi) is 3.79. The fraction of sp³-hybridized carbons (Fsp3) is 0.308.